The van der Waals surface area contributed by atoms with E-state index in [0.29, 0.717) is 0 Å². The van der Waals surface area contributed by atoms with Gasteiger partial charge in [0.25, 0.3) is 0 Å². The van der Waals surface area contributed by atoms with E-state index in [1.54, 1.807) is 6.07 Å². The van der Waals surface area contributed by atoms with Crippen LogP contribution in [0.1, 0.15) is 20.7 Å². The van der Waals surface area contributed by atoms with Crippen LogP contribution in [-0.4, -0.2) is 28.5 Å². The van der Waals surface area contributed by atoms with E-state index < -0.39 is 16.8 Å². The first-order valence-corrected chi connectivity index (χ1v) is 5.17. The molecule has 0 saturated carbocycles. The predicted molar refractivity (Wildman–Crippen MR) is 59.2 cm³/mol. The molecular weight excluding hydrogens is 255 g/mol. The van der Waals surface area contributed by atoms with Crippen LogP contribution < -0.4 is 0 Å². The zero-order valence-electron chi connectivity index (χ0n) is 8.02. The lowest BCUT2D eigenvalue weighted by atomic mass is 10.1. The lowest BCUT2D eigenvalue weighted by Crippen LogP contribution is -2.14. The molecule has 0 aromatic heterocycles. The number of alkyl halides is 2. The number of rotatable bonds is 4. The fourth-order valence-corrected chi connectivity index (χ4v) is 1.19. The molecule has 0 radical (unpaired) electrons. The van der Waals surface area contributed by atoms with Gasteiger partial charge in [0.15, 0.2) is 0 Å². The van der Waals surface area contributed by atoms with Crippen LogP contribution in [0.25, 0.3) is 0 Å². The van der Waals surface area contributed by atoms with Gasteiger partial charge in [0, 0.05) is 0 Å². The molecule has 86 valence electrons. The monoisotopic (exact) mass is 262 g/mol. The van der Waals surface area contributed by atoms with Gasteiger partial charge in [0.2, 0.25) is 0 Å². The van der Waals surface area contributed by atoms with Gasteiger partial charge in [0.05, 0.1) is 11.1 Å². The Labute approximate surface area is 102 Å². The molecule has 0 saturated heterocycles. The van der Waals surface area contributed by atoms with Crippen molar-refractivity contribution in [2.75, 3.05) is 6.61 Å². The number of carbonyl (C=O) groups excluding carboxylic acids is 1. The Morgan fingerprint density at radius 2 is 1.81 bits per heavy atom. The Balaban J connectivity index is 2.86. The van der Waals surface area contributed by atoms with Crippen LogP contribution in [0.2, 0.25) is 0 Å². The van der Waals surface area contributed by atoms with Crippen LogP contribution >= 0.6 is 23.2 Å². The summed E-state index contributed by atoms with van der Waals surface area (Å²) in [6, 6.07) is 5.75. The second-order valence-electron chi connectivity index (χ2n) is 2.84. The van der Waals surface area contributed by atoms with E-state index in [-0.39, 0.29) is 17.7 Å². The molecule has 0 amide bonds. The number of hydrogen-bond acceptors (Lipinski definition) is 3. The summed E-state index contributed by atoms with van der Waals surface area (Å²) in [5, 5.41) is 8.83. The summed E-state index contributed by atoms with van der Waals surface area (Å²) in [5.41, 5.74) is -0.142. The highest BCUT2D eigenvalue weighted by molar-refractivity contribution is 6.44. The number of esters is 1. The third kappa shape index (κ3) is 3.40. The molecule has 0 aliphatic heterocycles. The normalized spacial score (nSPS) is 10.2. The lowest BCUT2D eigenvalue weighted by Gasteiger charge is -2.06. The Morgan fingerprint density at radius 1 is 1.25 bits per heavy atom. The van der Waals surface area contributed by atoms with Gasteiger partial charge in [-0.05, 0) is 12.1 Å². The summed E-state index contributed by atoms with van der Waals surface area (Å²) in [6.45, 7) is -0.185. The van der Waals surface area contributed by atoms with E-state index in [1.165, 1.54) is 18.2 Å². The number of halogens is 2. The molecule has 16 heavy (non-hydrogen) atoms. The second kappa shape index (κ2) is 5.72. The van der Waals surface area contributed by atoms with Gasteiger partial charge < -0.3 is 9.84 Å². The molecule has 1 aromatic rings. The minimum Gasteiger partial charge on any atom is -0.478 e. The van der Waals surface area contributed by atoms with Crippen LogP contribution in [-0.2, 0) is 4.74 Å². The molecule has 0 aliphatic carbocycles. The zero-order valence-corrected chi connectivity index (χ0v) is 9.53. The van der Waals surface area contributed by atoms with Crippen molar-refractivity contribution in [3.8, 4) is 0 Å². The van der Waals surface area contributed by atoms with Crippen molar-refractivity contribution in [3.05, 3.63) is 35.4 Å². The van der Waals surface area contributed by atoms with Crippen LogP contribution in [0.15, 0.2) is 24.3 Å². The number of carboxylic acid groups (broad SMARTS) is 1. The minimum absolute atomic E-state index is 0.0241. The number of ether oxygens (including phenoxy) is 1. The average Bonchev–Trinajstić information content (AvgIpc) is 2.25. The van der Waals surface area contributed by atoms with Crippen molar-refractivity contribution in [2.24, 2.45) is 0 Å². The van der Waals surface area contributed by atoms with Crippen molar-refractivity contribution >= 4 is 35.1 Å². The molecule has 1 N–H and O–H groups in total. The standard InChI is InChI=1S/C10H8Cl2O4/c11-8(12)5-16-10(15)7-4-2-1-3-6(7)9(13)14/h1-4,8H,5H2,(H,13,14). The average molecular weight is 263 g/mol. The van der Waals surface area contributed by atoms with E-state index in [2.05, 4.69) is 0 Å². The number of hydrogen-bond donors (Lipinski definition) is 1. The number of aromatic carboxylic acids is 1. The molecule has 0 bridgehead atoms. The molecule has 0 heterocycles. The second-order valence-corrected chi connectivity index (χ2v) is 4.12. The fourth-order valence-electron chi connectivity index (χ4n) is 1.06. The largest absolute Gasteiger partial charge is 0.478 e. The van der Waals surface area contributed by atoms with Gasteiger partial charge in [-0.25, -0.2) is 9.59 Å². The zero-order chi connectivity index (χ0) is 12.1. The highest BCUT2D eigenvalue weighted by Crippen LogP contribution is 2.11. The van der Waals surface area contributed by atoms with Gasteiger partial charge >= 0.3 is 11.9 Å². The summed E-state index contributed by atoms with van der Waals surface area (Å²) in [4.78, 5) is 21.4. The van der Waals surface area contributed by atoms with Gasteiger partial charge in [-0.15, -0.1) is 23.2 Å². The molecule has 1 rings (SSSR count). The Kier molecular flexibility index (Phi) is 4.58. The molecule has 6 heteroatoms. The fraction of sp³-hybridized carbons (Fsp3) is 0.200. The summed E-state index contributed by atoms with van der Waals surface area (Å²) < 4.78 is 4.71. The highest BCUT2D eigenvalue weighted by atomic mass is 35.5. The first kappa shape index (κ1) is 12.8. The number of carboxylic acids is 1. The summed E-state index contributed by atoms with van der Waals surface area (Å²) >= 11 is 10.8. The maximum atomic E-state index is 11.5. The van der Waals surface area contributed by atoms with E-state index in [4.69, 9.17) is 33.0 Å². The van der Waals surface area contributed by atoms with Crippen LogP contribution in [0.5, 0.6) is 0 Å². The van der Waals surface area contributed by atoms with Crippen molar-refractivity contribution in [2.45, 2.75) is 4.84 Å². The van der Waals surface area contributed by atoms with Gasteiger partial charge in [-0.1, -0.05) is 12.1 Å². The van der Waals surface area contributed by atoms with Gasteiger partial charge in [0.1, 0.15) is 11.4 Å². The predicted octanol–water partition coefficient (Wildman–Crippen LogP) is 2.35. The van der Waals surface area contributed by atoms with Crippen molar-refractivity contribution in [1.29, 1.82) is 0 Å². The lowest BCUT2D eigenvalue weighted by molar-refractivity contribution is 0.0509. The molecule has 0 spiro atoms. The summed E-state index contributed by atoms with van der Waals surface area (Å²) in [6.07, 6.45) is 0. The molecule has 0 fully saturated rings. The third-order valence-electron chi connectivity index (χ3n) is 1.72. The molecular formula is C10H8Cl2O4. The quantitative estimate of drug-likeness (QED) is 0.669. The maximum absolute atomic E-state index is 11.5. The van der Waals surface area contributed by atoms with E-state index >= 15 is 0 Å². The van der Waals surface area contributed by atoms with Crippen LogP contribution in [0, 0.1) is 0 Å². The van der Waals surface area contributed by atoms with Crippen molar-refractivity contribution in [1.82, 2.24) is 0 Å². The van der Waals surface area contributed by atoms with Crippen molar-refractivity contribution < 1.29 is 19.4 Å². The first-order chi connectivity index (χ1) is 7.52. The SMILES string of the molecule is O=C(O)c1ccccc1C(=O)OCC(Cl)Cl. The first-order valence-electron chi connectivity index (χ1n) is 4.30. The van der Waals surface area contributed by atoms with Crippen LogP contribution in [0.4, 0.5) is 0 Å². The summed E-state index contributed by atoms with van der Waals surface area (Å²) in [7, 11) is 0. The molecule has 0 aliphatic rings. The molecule has 1 aromatic carbocycles. The van der Waals surface area contributed by atoms with Gasteiger partial charge in [-0.2, -0.15) is 0 Å². The van der Waals surface area contributed by atoms with E-state index in [9.17, 15) is 9.59 Å². The third-order valence-corrected chi connectivity index (χ3v) is 1.97. The smallest absolute Gasteiger partial charge is 0.339 e. The Hall–Kier alpha value is -1.26. The van der Waals surface area contributed by atoms with Crippen LogP contribution in [0.3, 0.4) is 0 Å². The van der Waals surface area contributed by atoms with Gasteiger partial charge in [-0.3, -0.25) is 0 Å². The number of carbonyl (C=O) groups is 2. The highest BCUT2D eigenvalue weighted by Gasteiger charge is 2.17. The van der Waals surface area contributed by atoms with E-state index in [1.807, 2.05) is 0 Å². The molecule has 0 unspecified atom stereocenters. The summed E-state index contributed by atoms with van der Waals surface area (Å²) in [5.74, 6) is -1.95. The minimum atomic E-state index is -1.19. The number of benzene rings is 1. The molecule has 4 nitrogen and oxygen atoms in total. The Bertz CT molecular complexity index is 404. The molecule has 0 atom stereocenters. The van der Waals surface area contributed by atoms with Crippen molar-refractivity contribution in [3.63, 3.8) is 0 Å². The maximum Gasteiger partial charge on any atom is 0.339 e. The topological polar surface area (TPSA) is 63.6 Å². The Morgan fingerprint density at radius 3 is 2.31 bits per heavy atom. The van der Waals surface area contributed by atoms with E-state index in [0.717, 1.165) is 0 Å².